The van der Waals surface area contributed by atoms with Gasteiger partial charge in [-0.3, -0.25) is 4.99 Å². The Labute approximate surface area is 70.5 Å². The Balaban J connectivity index is 2.69. The van der Waals surface area contributed by atoms with Gasteiger partial charge in [-0.15, -0.1) is 0 Å². The first-order valence-corrected chi connectivity index (χ1v) is 4.04. The highest BCUT2D eigenvalue weighted by molar-refractivity contribution is 14.1. The fourth-order valence-corrected chi connectivity index (χ4v) is 1.16. The predicted molar refractivity (Wildman–Crippen MR) is 46.9 cm³/mol. The molecule has 0 N–H and O–H groups in total. The first-order chi connectivity index (χ1) is 3.71. The molecule has 0 spiro atoms. The molecule has 0 amide bonds. The van der Waals surface area contributed by atoms with E-state index in [-0.39, 0.29) is 2.33 Å². The van der Waals surface area contributed by atoms with E-state index in [9.17, 15) is 0 Å². The SMILES string of the molecule is BrC1(I)C=[C]CN=C1. The third-order valence-electron chi connectivity index (χ3n) is 0.740. The topological polar surface area (TPSA) is 12.4 Å². The molecule has 1 radical (unpaired) electrons. The average Bonchev–Trinajstić information content (AvgIpc) is 1.65. The Morgan fingerprint density at radius 1 is 1.88 bits per heavy atom. The summed E-state index contributed by atoms with van der Waals surface area (Å²) in [4.78, 5) is 4.01. The van der Waals surface area contributed by atoms with Gasteiger partial charge in [-0.1, -0.05) is 38.5 Å². The molecule has 1 aliphatic heterocycles. The highest BCUT2D eigenvalue weighted by atomic mass is 127. The smallest absolute Gasteiger partial charge is 0.130 e. The number of alkyl halides is 2. The van der Waals surface area contributed by atoms with E-state index in [1.165, 1.54) is 0 Å². The van der Waals surface area contributed by atoms with Crippen LogP contribution in [0.25, 0.3) is 0 Å². The maximum atomic E-state index is 4.01. The molecular formula is C5H4BrIN. The minimum Gasteiger partial charge on any atom is -0.290 e. The number of halogens is 2. The van der Waals surface area contributed by atoms with Gasteiger partial charge >= 0.3 is 0 Å². The van der Waals surface area contributed by atoms with Crippen LogP contribution in [0.2, 0.25) is 0 Å². The molecule has 1 nitrogen and oxygen atoms in total. The summed E-state index contributed by atoms with van der Waals surface area (Å²) in [6.07, 6.45) is 6.82. The zero-order chi connectivity index (χ0) is 6.04. The van der Waals surface area contributed by atoms with Gasteiger partial charge in [-0.2, -0.15) is 0 Å². The molecule has 3 heteroatoms. The second kappa shape index (κ2) is 2.47. The van der Waals surface area contributed by atoms with Crippen LogP contribution in [0.5, 0.6) is 0 Å². The van der Waals surface area contributed by atoms with Crippen molar-refractivity contribution in [1.82, 2.24) is 0 Å². The summed E-state index contributed by atoms with van der Waals surface area (Å²) < 4.78 is -0.0665. The first-order valence-electron chi connectivity index (χ1n) is 2.17. The summed E-state index contributed by atoms with van der Waals surface area (Å²) in [7, 11) is 0. The molecule has 1 aliphatic rings. The van der Waals surface area contributed by atoms with Crippen LogP contribution in [-0.2, 0) is 0 Å². The normalized spacial score (nSPS) is 35.8. The van der Waals surface area contributed by atoms with Gasteiger partial charge in [0.05, 0.1) is 6.54 Å². The molecule has 8 heavy (non-hydrogen) atoms. The molecule has 1 unspecified atom stereocenters. The van der Waals surface area contributed by atoms with Crippen LogP contribution in [0.15, 0.2) is 11.1 Å². The van der Waals surface area contributed by atoms with Crippen LogP contribution in [0.1, 0.15) is 0 Å². The fourth-order valence-electron chi connectivity index (χ4n) is 0.439. The molecule has 0 aromatic heterocycles. The van der Waals surface area contributed by atoms with Gasteiger partial charge in [0, 0.05) is 6.21 Å². The molecule has 0 aliphatic carbocycles. The molecule has 0 fully saturated rings. The van der Waals surface area contributed by atoms with Crippen molar-refractivity contribution in [2.75, 3.05) is 6.54 Å². The lowest BCUT2D eigenvalue weighted by Crippen LogP contribution is -2.11. The highest BCUT2D eigenvalue weighted by Crippen LogP contribution is 2.27. The Hall–Kier alpha value is 0.620. The summed E-state index contributed by atoms with van der Waals surface area (Å²) in [5.74, 6) is 0. The first kappa shape index (κ1) is 6.74. The standard InChI is InChI=1S/C5H4BrIN/c6-5(7)2-1-3-8-4-5/h2,4H,3H2. The zero-order valence-corrected chi connectivity index (χ0v) is 7.81. The third-order valence-corrected chi connectivity index (χ3v) is 1.76. The molecule has 0 bridgehead atoms. The Bertz CT molecular complexity index is 125. The average molecular weight is 285 g/mol. The van der Waals surface area contributed by atoms with Crippen molar-refractivity contribution in [3.8, 4) is 0 Å². The fraction of sp³-hybridized carbons (Fsp3) is 0.400. The summed E-state index contributed by atoms with van der Waals surface area (Å²) >= 11 is 5.65. The summed E-state index contributed by atoms with van der Waals surface area (Å²) in [6.45, 7) is 0.705. The minimum absolute atomic E-state index is 0.0665. The van der Waals surface area contributed by atoms with E-state index >= 15 is 0 Å². The van der Waals surface area contributed by atoms with Crippen molar-refractivity contribution >= 4 is 44.7 Å². The van der Waals surface area contributed by atoms with E-state index in [4.69, 9.17) is 0 Å². The number of rotatable bonds is 0. The maximum Gasteiger partial charge on any atom is 0.130 e. The quantitative estimate of drug-likeness (QED) is 0.476. The van der Waals surface area contributed by atoms with Crippen LogP contribution in [0.4, 0.5) is 0 Å². The minimum atomic E-state index is -0.0665. The number of aliphatic imine (C=N–C) groups is 1. The Kier molecular flexibility index (Phi) is 2.08. The van der Waals surface area contributed by atoms with E-state index in [2.05, 4.69) is 49.6 Å². The monoisotopic (exact) mass is 284 g/mol. The summed E-state index contributed by atoms with van der Waals surface area (Å²) in [5.41, 5.74) is 0. The van der Waals surface area contributed by atoms with Gasteiger partial charge < -0.3 is 0 Å². The predicted octanol–water partition coefficient (Wildman–Crippen LogP) is 1.96. The van der Waals surface area contributed by atoms with Crippen LogP contribution >= 0.6 is 38.5 Å². The Morgan fingerprint density at radius 2 is 2.62 bits per heavy atom. The van der Waals surface area contributed by atoms with Crippen LogP contribution in [0.3, 0.4) is 0 Å². The number of dihydropyridines is 1. The van der Waals surface area contributed by atoms with E-state index in [0.717, 1.165) is 0 Å². The van der Waals surface area contributed by atoms with E-state index in [1.807, 2.05) is 12.3 Å². The van der Waals surface area contributed by atoms with Crippen molar-refractivity contribution in [2.24, 2.45) is 4.99 Å². The lowest BCUT2D eigenvalue weighted by molar-refractivity contribution is 1.16. The molecule has 1 atom stereocenters. The number of allylic oxidation sites excluding steroid dienone is 1. The van der Waals surface area contributed by atoms with Crippen molar-refractivity contribution in [2.45, 2.75) is 2.33 Å². The number of hydrogen-bond acceptors (Lipinski definition) is 1. The highest BCUT2D eigenvalue weighted by Gasteiger charge is 2.16. The van der Waals surface area contributed by atoms with Crippen molar-refractivity contribution in [1.29, 1.82) is 0 Å². The Morgan fingerprint density at radius 3 is 2.88 bits per heavy atom. The lowest BCUT2D eigenvalue weighted by atomic mass is 10.3. The molecule has 0 aromatic carbocycles. The van der Waals surface area contributed by atoms with E-state index < -0.39 is 0 Å². The molecule has 0 aromatic rings. The number of nitrogens with zero attached hydrogens (tertiary/aromatic N) is 1. The molecule has 1 rings (SSSR count). The van der Waals surface area contributed by atoms with E-state index in [1.54, 1.807) is 0 Å². The summed E-state index contributed by atoms with van der Waals surface area (Å²) in [5, 5.41) is 0. The second-order valence-corrected chi connectivity index (χ2v) is 6.07. The third kappa shape index (κ3) is 1.85. The van der Waals surface area contributed by atoms with Crippen LogP contribution in [0, 0.1) is 6.08 Å². The van der Waals surface area contributed by atoms with Crippen molar-refractivity contribution in [3.05, 3.63) is 12.2 Å². The van der Waals surface area contributed by atoms with Gasteiger partial charge in [-0.05, 0) is 12.2 Å². The van der Waals surface area contributed by atoms with Crippen LogP contribution < -0.4 is 0 Å². The number of hydrogen-bond donors (Lipinski definition) is 0. The second-order valence-electron chi connectivity index (χ2n) is 1.49. The summed E-state index contributed by atoms with van der Waals surface area (Å²) in [6, 6.07) is 0. The van der Waals surface area contributed by atoms with Crippen molar-refractivity contribution in [3.63, 3.8) is 0 Å². The maximum absolute atomic E-state index is 4.01. The lowest BCUT2D eigenvalue weighted by Gasteiger charge is -2.10. The largest absolute Gasteiger partial charge is 0.290 e. The van der Waals surface area contributed by atoms with Crippen LogP contribution in [-0.4, -0.2) is 15.1 Å². The molecule has 43 valence electrons. The molecule has 0 saturated carbocycles. The molecule has 0 saturated heterocycles. The van der Waals surface area contributed by atoms with Gasteiger partial charge in [0.2, 0.25) is 0 Å². The van der Waals surface area contributed by atoms with Crippen molar-refractivity contribution < 1.29 is 0 Å². The molecular weight excluding hydrogens is 281 g/mol. The van der Waals surface area contributed by atoms with Gasteiger partial charge in [-0.25, -0.2) is 0 Å². The zero-order valence-electron chi connectivity index (χ0n) is 4.06. The van der Waals surface area contributed by atoms with E-state index in [0.29, 0.717) is 6.54 Å². The van der Waals surface area contributed by atoms with Gasteiger partial charge in [0.15, 0.2) is 0 Å². The van der Waals surface area contributed by atoms with Gasteiger partial charge in [0.1, 0.15) is 2.33 Å². The van der Waals surface area contributed by atoms with Gasteiger partial charge in [0.25, 0.3) is 0 Å². The molecule has 1 heterocycles.